The number of rotatable bonds is 2. The summed E-state index contributed by atoms with van der Waals surface area (Å²) in [6.07, 6.45) is 0. The second-order valence-corrected chi connectivity index (χ2v) is 3.26. The molecule has 0 bridgehead atoms. The predicted octanol–water partition coefficient (Wildman–Crippen LogP) is 1.00. The molecule has 6 nitrogen and oxygen atoms in total. The summed E-state index contributed by atoms with van der Waals surface area (Å²) < 4.78 is 0. The number of anilines is 1. The summed E-state index contributed by atoms with van der Waals surface area (Å²) in [4.78, 5) is 0. The minimum Gasteiger partial charge on any atom is -0.289 e. The highest BCUT2D eigenvalue weighted by atomic mass is 16.5. The molecule has 0 fully saturated rings. The van der Waals surface area contributed by atoms with E-state index in [1.54, 1.807) is 13.1 Å². The minimum absolute atomic E-state index is 0.512. The van der Waals surface area contributed by atoms with E-state index in [9.17, 15) is 5.21 Å². The molecule has 78 valence electrons. The third-order valence-electron chi connectivity index (χ3n) is 2.16. The van der Waals surface area contributed by atoms with Crippen LogP contribution in [0.2, 0.25) is 0 Å². The number of tetrazole rings is 1. The largest absolute Gasteiger partial charge is 0.289 e. The highest BCUT2D eigenvalue weighted by Crippen LogP contribution is 2.23. The fourth-order valence-corrected chi connectivity index (χ4v) is 1.38. The molecule has 2 rings (SSSR count). The summed E-state index contributed by atoms with van der Waals surface area (Å²) in [5.74, 6) is 0.512. The van der Waals surface area contributed by atoms with Crippen molar-refractivity contribution in [3.05, 3.63) is 23.8 Å². The smallest absolute Gasteiger partial charge is 0.204 e. The van der Waals surface area contributed by atoms with Crippen LogP contribution in [0.4, 0.5) is 5.69 Å². The van der Waals surface area contributed by atoms with Crippen molar-refractivity contribution in [1.29, 1.82) is 0 Å². The number of benzene rings is 1. The number of aromatic nitrogens is 4. The van der Waals surface area contributed by atoms with Gasteiger partial charge in [-0.15, -0.1) is 10.2 Å². The normalized spacial score (nSPS) is 10.3. The molecular formula is C9H11N5O. The molecule has 0 amide bonds. The van der Waals surface area contributed by atoms with Crippen molar-refractivity contribution in [2.45, 2.75) is 6.92 Å². The first kappa shape index (κ1) is 9.60. The van der Waals surface area contributed by atoms with Gasteiger partial charge in [-0.25, -0.2) is 0 Å². The molecule has 0 aliphatic rings. The molecule has 1 aromatic carbocycles. The molecular weight excluding hydrogens is 194 g/mol. The third-order valence-corrected chi connectivity index (χ3v) is 2.16. The van der Waals surface area contributed by atoms with E-state index < -0.39 is 0 Å². The predicted molar refractivity (Wildman–Crippen MR) is 54.5 cm³/mol. The Bertz CT molecular complexity index is 452. The van der Waals surface area contributed by atoms with Crippen LogP contribution >= 0.6 is 0 Å². The van der Waals surface area contributed by atoms with Gasteiger partial charge in [-0.3, -0.25) is 10.3 Å². The molecule has 0 saturated heterocycles. The highest BCUT2D eigenvalue weighted by molar-refractivity contribution is 5.64. The van der Waals surface area contributed by atoms with Gasteiger partial charge in [0.15, 0.2) is 0 Å². The second kappa shape index (κ2) is 3.66. The summed E-state index contributed by atoms with van der Waals surface area (Å²) in [7, 11) is 1.57. The number of hydroxylamine groups is 1. The van der Waals surface area contributed by atoms with E-state index in [1.165, 1.54) is 0 Å². The third kappa shape index (κ3) is 1.79. The van der Waals surface area contributed by atoms with Crippen molar-refractivity contribution in [1.82, 2.24) is 20.6 Å². The van der Waals surface area contributed by atoms with Gasteiger partial charge in [0.05, 0.1) is 5.69 Å². The summed E-state index contributed by atoms with van der Waals surface area (Å²) in [6.45, 7) is 1.92. The van der Waals surface area contributed by atoms with Crippen molar-refractivity contribution in [3.8, 4) is 11.4 Å². The molecule has 2 N–H and O–H groups in total. The Morgan fingerprint density at radius 2 is 2.20 bits per heavy atom. The van der Waals surface area contributed by atoms with Crippen molar-refractivity contribution in [3.63, 3.8) is 0 Å². The lowest BCUT2D eigenvalue weighted by Crippen LogP contribution is -2.11. The van der Waals surface area contributed by atoms with E-state index in [0.717, 1.165) is 21.9 Å². The molecule has 1 aromatic heterocycles. The van der Waals surface area contributed by atoms with E-state index in [0.29, 0.717) is 5.82 Å². The average molecular weight is 205 g/mol. The van der Waals surface area contributed by atoms with Gasteiger partial charge in [-0.1, -0.05) is 12.1 Å². The maximum atomic E-state index is 9.40. The molecule has 0 atom stereocenters. The summed E-state index contributed by atoms with van der Waals surface area (Å²) in [5.41, 5.74) is 2.51. The quantitative estimate of drug-likeness (QED) is 0.715. The van der Waals surface area contributed by atoms with E-state index in [-0.39, 0.29) is 0 Å². The molecule has 0 aliphatic carbocycles. The van der Waals surface area contributed by atoms with E-state index in [1.807, 2.05) is 19.1 Å². The minimum atomic E-state index is 0.512. The lowest BCUT2D eigenvalue weighted by atomic mass is 10.1. The van der Waals surface area contributed by atoms with Gasteiger partial charge in [-0.05, 0) is 23.8 Å². The molecule has 2 aromatic rings. The van der Waals surface area contributed by atoms with Crippen LogP contribution in [-0.2, 0) is 0 Å². The molecule has 6 heteroatoms. The Morgan fingerprint density at radius 3 is 2.80 bits per heavy atom. The van der Waals surface area contributed by atoms with Crippen LogP contribution < -0.4 is 5.06 Å². The topological polar surface area (TPSA) is 77.9 Å². The Labute approximate surface area is 86.5 Å². The maximum Gasteiger partial charge on any atom is 0.204 e. The maximum absolute atomic E-state index is 9.40. The summed E-state index contributed by atoms with van der Waals surface area (Å²) >= 11 is 0. The first-order valence-corrected chi connectivity index (χ1v) is 4.45. The van der Waals surface area contributed by atoms with Crippen LogP contribution in [0.5, 0.6) is 0 Å². The Balaban J connectivity index is 2.48. The molecule has 0 saturated carbocycles. The zero-order chi connectivity index (χ0) is 10.8. The molecule has 0 radical (unpaired) electrons. The zero-order valence-electron chi connectivity index (χ0n) is 8.47. The number of hydrogen-bond acceptors (Lipinski definition) is 5. The number of H-pyrrole nitrogens is 1. The van der Waals surface area contributed by atoms with Gasteiger partial charge >= 0.3 is 0 Å². The fourth-order valence-electron chi connectivity index (χ4n) is 1.38. The first-order chi connectivity index (χ1) is 7.18. The fraction of sp³-hybridized carbons (Fsp3) is 0.222. The van der Waals surface area contributed by atoms with Gasteiger partial charge in [0.25, 0.3) is 0 Å². The SMILES string of the molecule is Cc1ccc(-c2nn[nH]n2)cc1N(C)O. The number of aromatic amines is 1. The number of aryl methyl sites for hydroxylation is 1. The van der Waals surface area contributed by atoms with Crippen LogP contribution in [0.1, 0.15) is 5.56 Å². The van der Waals surface area contributed by atoms with Crippen LogP contribution in [0.25, 0.3) is 11.4 Å². The number of hydrogen-bond donors (Lipinski definition) is 2. The molecule has 0 unspecified atom stereocenters. The number of nitrogens with one attached hydrogen (secondary N) is 1. The van der Waals surface area contributed by atoms with Gasteiger partial charge < -0.3 is 0 Å². The molecule has 1 heterocycles. The molecule has 0 aliphatic heterocycles. The van der Waals surface area contributed by atoms with Crippen LogP contribution in [-0.4, -0.2) is 32.9 Å². The second-order valence-electron chi connectivity index (χ2n) is 3.26. The molecule has 0 spiro atoms. The van der Waals surface area contributed by atoms with Crippen LogP contribution in [0.3, 0.4) is 0 Å². The average Bonchev–Trinajstić information content (AvgIpc) is 2.71. The van der Waals surface area contributed by atoms with Gasteiger partial charge in [-0.2, -0.15) is 5.21 Å². The lowest BCUT2D eigenvalue weighted by Gasteiger charge is -2.13. The van der Waals surface area contributed by atoms with Gasteiger partial charge in [0.2, 0.25) is 5.82 Å². The number of nitrogens with zero attached hydrogens (tertiary/aromatic N) is 4. The Hall–Kier alpha value is -1.95. The van der Waals surface area contributed by atoms with E-state index >= 15 is 0 Å². The Morgan fingerprint density at radius 1 is 1.40 bits per heavy atom. The van der Waals surface area contributed by atoms with Gasteiger partial charge in [0, 0.05) is 12.6 Å². The molecule has 15 heavy (non-hydrogen) atoms. The Kier molecular flexibility index (Phi) is 2.34. The van der Waals surface area contributed by atoms with Crippen LogP contribution in [0, 0.1) is 6.92 Å². The monoisotopic (exact) mass is 205 g/mol. The lowest BCUT2D eigenvalue weighted by molar-refractivity contribution is 0.279. The van der Waals surface area contributed by atoms with Crippen molar-refractivity contribution in [2.75, 3.05) is 12.1 Å². The standard InChI is InChI=1S/C9H11N5O/c1-6-3-4-7(5-8(6)14(2)15)9-10-12-13-11-9/h3-5,15H,1-2H3,(H,10,11,12,13). The highest BCUT2D eigenvalue weighted by Gasteiger charge is 2.07. The van der Waals surface area contributed by atoms with Gasteiger partial charge in [0.1, 0.15) is 0 Å². The van der Waals surface area contributed by atoms with Crippen molar-refractivity contribution < 1.29 is 5.21 Å². The first-order valence-electron chi connectivity index (χ1n) is 4.45. The van der Waals surface area contributed by atoms with Crippen LogP contribution in [0.15, 0.2) is 18.2 Å². The van der Waals surface area contributed by atoms with E-state index in [4.69, 9.17) is 0 Å². The summed E-state index contributed by atoms with van der Waals surface area (Å²) in [5, 5.41) is 24.1. The summed E-state index contributed by atoms with van der Waals surface area (Å²) in [6, 6.07) is 5.58. The zero-order valence-corrected chi connectivity index (χ0v) is 8.47. The van der Waals surface area contributed by atoms with Crippen molar-refractivity contribution >= 4 is 5.69 Å². The van der Waals surface area contributed by atoms with Crippen molar-refractivity contribution in [2.24, 2.45) is 0 Å². The van der Waals surface area contributed by atoms with E-state index in [2.05, 4.69) is 20.6 Å².